The molecule has 3 aromatic carbocycles. The van der Waals surface area contributed by atoms with Crippen molar-refractivity contribution in [2.45, 2.75) is 13.2 Å². The Balaban J connectivity index is 1.47. The molecule has 0 bridgehead atoms. The molecule has 0 fully saturated rings. The SMILES string of the molecule is Cn1nc(C(=O)N(CC(=O)Nc2ccccc2C(=O)O)Cc2cccc(F)c2)c2c1-c1ccccc1OC2. The second-order valence-corrected chi connectivity index (χ2v) is 8.77. The smallest absolute Gasteiger partial charge is 0.337 e. The minimum Gasteiger partial charge on any atom is -0.488 e. The summed E-state index contributed by atoms with van der Waals surface area (Å²) in [5.74, 6) is -2.16. The molecule has 0 aliphatic carbocycles. The van der Waals surface area contributed by atoms with Gasteiger partial charge in [0.05, 0.1) is 16.9 Å². The monoisotopic (exact) mass is 514 g/mol. The number of carboxylic acid groups (broad SMARTS) is 1. The van der Waals surface area contributed by atoms with E-state index in [4.69, 9.17) is 4.74 Å². The number of rotatable bonds is 7. The van der Waals surface area contributed by atoms with Gasteiger partial charge in [-0.15, -0.1) is 0 Å². The number of ether oxygens (including phenoxy) is 1. The number of aryl methyl sites for hydroxylation is 1. The lowest BCUT2D eigenvalue weighted by Gasteiger charge is -2.23. The van der Waals surface area contributed by atoms with Gasteiger partial charge in [-0.25, -0.2) is 9.18 Å². The molecule has 0 atom stereocenters. The summed E-state index contributed by atoms with van der Waals surface area (Å²) < 4.78 is 21.4. The Labute approximate surface area is 217 Å². The van der Waals surface area contributed by atoms with Crippen LogP contribution < -0.4 is 10.1 Å². The van der Waals surface area contributed by atoms with E-state index in [2.05, 4.69) is 10.4 Å². The Kier molecular flexibility index (Phi) is 6.61. The molecule has 5 rings (SSSR count). The molecule has 10 heteroatoms. The van der Waals surface area contributed by atoms with Crippen LogP contribution in [0.4, 0.5) is 10.1 Å². The van der Waals surface area contributed by atoms with Crippen molar-refractivity contribution in [2.75, 3.05) is 11.9 Å². The fraction of sp³-hybridized carbons (Fsp3) is 0.143. The number of hydrogen-bond acceptors (Lipinski definition) is 5. The highest BCUT2D eigenvalue weighted by Gasteiger charge is 2.31. The molecule has 2 heterocycles. The van der Waals surface area contributed by atoms with Crippen LogP contribution in [-0.4, -0.2) is 44.1 Å². The van der Waals surface area contributed by atoms with Gasteiger partial charge in [0.15, 0.2) is 5.69 Å². The molecule has 1 aliphatic rings. The summed E-state index contributed by atoms with van der Waals surface area (Å²) in [5, 5.41) is 16.5. The number of aromatic carboxylic acids is 1. The third-order valence-corrected chi connectivity index (χ3v) is 6.18. The van der Waals surface area contributed by atoms with E-state index in [1.54, 1.807) is 29.9 Å². The summed E-state index contributed by atoms with van der Waals surface area (Å²) in [7, 11) is 1.73. The van der Waals surface area contributed by atoms with E-state index in [9.17, 15) is 23.9 Å². The molecule has 0 radical (unpaired) electrons. The van der Waals surface area contributed by atoms with Gasteiger partial charge < -0.3 is 20.1 Å². The maximum atomic E-state index is 13.9. The predicted octanol–water partition coefficient (Wildman–Crippen LogP) is 4.10. The Morgan fingerprint density at radius 2 is 1.84 bits per heavy atom. The molecule has 9 nitrogen and oxygen atoms in total. The van der Waals surface area contributed by atoms with Gasteiger partial charge in [-0.3, -0.25) is 14.3 Å². The molecule has 0 saturated carbocycles. The van der Waals surface area contributed by atoms with Gasteiger partial charge in [0.1, 0.15) is 24.7 Å². The molecular weight excluding hydrogens is 491 g/mol. The number of benzene rings is 3. The second kappa shape index (κ2) is 10.2. The number of nitrogens with one attached hydrogen (secondary N) is 1. The summed E-state index contributed by atoms with van der Waals surface area (Å²) in [6, 6.07) is 19.1. The van der Waals surface area contributed by atoms with Crippen LogP contribution in [0.3, 0.4) is 0 Å². The number of hydrogen-bond donors (Lipinski definition) is 2. The molecule has 192 valence electrons. The lowest BCUT2D eigenvalue weighted by molar-refractivity contribution is -0.117. The molecule has 0 spiro atoms. The van der Waals surface area contributed by atoms with E-state index in [0.717, 1.165) is 11.3 Å². The van der Waals surface area contributed by atoms with Gasteiger partial charge in [0.25, 0.3) is 5.91 Å². The van der Waals surface area contributed by atoms with E-state index in [1.807, 2.05) is 24.3 Å². The van der Waals surface area contributed by atoms with Crippen LogP contribution in [0, 0.1) is 5.82 Å². The van der Waals surface area contributed by atoms with Crippen molar-refractivity contribution in [3.63, 3.8) is 0 Å². The number of para-hydroxylation sites is 2. The van der Waals surface area contributed by atoms with E-state index in [0.29, 0.717) is 16.9 Å². The highest BCUT2D eigenvalue weighted by molar-refractivity contribution is 6.03. The number of fused-ring (bicyclic) bond motifs is 3. The fourth-order valence-electron chi connectivity index (χ4n) is 4.50. The van der Waals surface area contributed by atoms with Gasteiger partial charge in [0.2, 0.25) is 5.91 Å². The van der Waals surface area contributed by atoms with Crippen molar-refractivity contribution in [1.29, 1.82) is 0 Å². The summed E-state index contributed by atoms with van der Waals surface area (Å²) in [6.45, 7) is -0.382. The average molecular weight is 515 g/mol. The lowest BCUT2D eigenvalue weighted by atomic mass is 10.0. The van der Waals surface area contributed by atoms with Gasteiger partial charge in [-0.05, 0) is 42.0 Å². The van der Waals surface area contributed by atoms with Crippen molar-refractivity contribution >= 4 is 23.5 Å². The summed E-state index contributed by atoms with van der Waals surface area (Å²) in [6.07, 6.45) is 0. The molecule has 0 unspecified atom stereocenters. The highest BCUT2D eigenvalue weighted by atomic mass is 19.1. The Bertz CT molecular complexity index is 1560. The van der Waals surface area contributed by atoms with Crippen LogP contribution >= 0.6 is 0 Å². The largest absolute Gasteiger partial charge is 0.488 e. The number of nitrogens with zero attached hydrogens (tertiary/aromatic N) is 3. The third-order valence-electron chi connectivity index (χ3n) is 6.18. The number of carboxylic acids is 1. The first-order chi connectivity index (χ1) is 18.3. The minimum atomic E-state index is -1.20. The van der Waals surface area contributed by atoms with Crippen molar-refractivity contribution in [2.24, 2.45) is 7.05 Å². The topological polar surface area (TPSA) is 114 Å². The predicted molar refractivity (Wildman–Crippen MR) is 136 cm³/mol. The number of aromatic nitrogens is 2. The van der Waals surface area contributed by atoms with E-state index in [-0.39, 0.29) is 30.1 Å². The number of carbonyl (C=O) groups excluding carboxylic acids is 2. The lowest BCUT2D eigenvalue weighted by Crippen LogP contribution is -2.38. The third kappa shape index (κ3) is 4.83. The highest BCUT2D eigenvalue weighted by Crippen LogP contribution is 2.38. The van der Waals surface area contributed by atoms with Crippen LogP contribution in [0.1, 0.15) is 32.0 Å². The first-order valence-corrected chi connectivity index (χ1v) is 11.8. The average Bonchev–Trinajstić information content (AvgIpc) is 3.25. The van der Waals surface area contributed by atoms with E-state index >= 15 is 0 Å². The maximum Gasteiger partial charge on any atom is 0.337 e. The van der Waals surface area contributed by atoms with E-state index < -0.39 is 30.1 Å². The number of amides is 2. The zero-order chi connectivity index (χ0) is 26.8. The molecule has 2 amide bonds. The standard InChI is InChI=1S/C28H23FN4O5/c1-32-26-20-10-3-5-12-23(20)38-16-21(26)25(31-32)27(35)33(14-17-7-6-8-18(29)13-17)15-24(34)30-22-11-4-2-9-19(22)28(36)37/h2-13H,14-16H2,1H3,(H,30,34)(H,36,37). The van der Waals surface area contributed by atoms with Gasteiger partial charge >= 0.3 is 5.97 Å². The number of carbonyl (C=O) groups is 3. The molecule has 38 heavy (non-hydrogen) atoms. The fourth-order valence-corrected chi connectivity index (χ4v) is 4.50. The van der Waals surface area contributed by atoms with Gasteiger partial charge in [-0.2, -0.15) is 5.10 Å². The van der Waals surface area contributed by atoms with E-state index in [1.165, 1.54) is 35.2 Å². The van der Waals surface area contributed by atoms with Crippen LogP contribution in [0.25, 0.3) is 11.3 Å². The maximum absolute atomic E-state index is 13.9. The molecular formula is C28H23FN4O5. The molecule has 2 N–H and O–H groups in total. The molecule has 1 aliphatic heterocycles. The number of anilines is 1. The van der Waals surface area contributed by atoms with Crippen LogP contribution in [0.5, 0.6) is 5.75 Å². The minimum absolute atomic E-state index is 0.0760. The summed E-state index contributed by atoms with van der Waals surface area (Å²) in [5.41, 5.74) is 2.72. The Morgan fingerprint density at radius 1 is 1.08 bits per heavy atom. The quantitative estimate of drug-likeness (QED) is 0.384. The molecule has 4 aromatic rings. The summed E-state index contributed by atoms with van der Waals surface area (Å²) in [4.78, 5) is 39.6. The van der Waals surface area contributed by atoms with Crippen LogP contribution in [0.15, 0.2) is 72.8 Å². The van der Waals surface area contributed by atoms with Crippen molar-refractivity contribution in [3.8, 4) is 17.0 Å². The number of halogens is 1. The molecule has 0 saturated heterocycles. The van der Waals surface area contributed by atoms with Crippen molar-refractivity contribution in [3.05, 3.63) is 101 Å². The van der Waals surface area contributed by atoms with Gasteiger partial charge in [0, 0.05) is 24.7 Å². The van der Waals surface area contributed by atoms with Gasteiger partial charge in [-0.1, -0.05) is 36.4 Å². The zero-order valence-corrected chi connectivity index (χ0v) is 20.3. The van der Waals surface area contributed by atoms with Crippen molar-refractivity contribution < 1.29 is 28.6 Å². The molecule has 1 aromatic heterocycles. The van der Waals surface area contributed by atoms with Crippen LogP contribution in [0.2, 0.25) is 0 Å². The van der Waals surface area contributed by atoms with Crippen molar-refractivity contribution in [1.82, 2.24) is 14.7 Å². The Hall–Kier alpha value is -4.99. The Morgan fingerprint density at radius 3 is 2.63 bits per heavy atom. The zero-order valence-electron chi connectivity index (χ0n) is 20.3. The first kappa shape index (κ1) is 24.7. The second-order valence-electron chi connectivity index (χ2n) is 8.77. The summed E-state index contributed by atoms with van der Waals surface area (Å²) >= 11 is 0. The normalized spacial score (nSPS) is 11.6. The van der Waals surface area contributed by atoms with Crippen LogP contribution in [-0.2, 0) is 25.0 Å². The first-order valence-electron chi connectivity index (χ1n) is 11.8.